The molecule has 1 fully saturated rings. The number of esters is 1. The Labute approximate surface area is 63.2 Å². The van der Waals surface area contributed by atoms with Crippen molar-refractivity contribution in [2.45, 2.75) is 31.3 Å². The molecule has 0 saturated carbocycles. The molecule has 0 aromatic carbocycles. The second-order valence-corrected chi connectivity index (χ2v) is 2.57. The largest absolute Gasteiger partial charge is 0.458 e. The smallest absolute Gasteiger partial charge is 0.338 e. The van der Waals surface area contributed by atoms with Gasteiger partial charge < -0.3 is 20.1 Å². The highest BCUT2D eigenvalue weighted by atomic mass is 16.6. The first kappa shape index (κ1) is 8.45. The highest BCUT2D eigenvalue weighted by molar-refractivity contribution is 5.76. The molecule has 1 heterocycles. The van der Waals surface area contributed by atoms with Crippen LogP contribution in [0, 0.1) is 0 Å². The summed E-state index contributed by atoms with van der Waals surface area (Å²) in [6.45, 7) is 1.44. The van der Waals surface area contributed by atoms with Gasteiger partial charge in [0.2, 0.25) is 0 Å². The zero-order valence-electron chi connectivity index (χ0n) is 5.97. The molecule has 0 bridgehead atoms. The van der Waals surface area contributed by atoms with Crippen molar-refractivity contribution in [3.8, 4) is 0 Å². The topological polar surface area (TPSA) is 87.0 Å². The number of cyclic esters (lactones) is 1. The number of rotatable bonds is 0. The zero-order valence-corrected chi connectivity index (χ0v) is 5.97. The van der Waals surface area contributed by atoms with E-state index in [4.69, 9.17) is 15.3 Å². The first-order valence-corrected chi connectivity index (χ1v) is 3.28. The van der Waals surface area contributed by atoms with Gasteiger partial charge in [-0.25, -0.2) is 4.79 Å². The Morgan fingerprint density at radius 2 is 1.82 bits per heavy atom. The molecule has 11 heavy (non-hydrogen) atoms. The Hall–Kier alpha value is -0.650. The van der Waals surface area contributed by atoms with E-state index in [1.54, 1.807) is 0 Å². The van der Waals surface area contributed by atoms with Crippen LogP contribution in [-0.4, -0.2) is 45.7 Å². The Morgan fingerprint density at radius 3 is 2.36 bits per heavy atom. The third-order valence-corrected chi connectivity index (χ3v) is 1.70. The number of hydrogen-bond donors (Lipinski definition) is 3. The molecule has 0 aromatic rings. The van der Waals surface area contributed by atoms with Crippen molar-refractivity contribution in [2.75, 3.05) is 0 Å². The molecule has 3 N–H and O–H groups in total. The summed E-state index contributed by atoms with van der Waals surface area (Å²) >= 11 is 0. The van der Waals surface area contributed by atoms with Crippen molar-refractivity contribution in [1.82, 2.24) is 0 Å². The lowest BCUT2D eigenvalue weighted by Crippen LogP contribution is -2.54. The molecule has 1 aliphatic rings. The minimum Gasteiger partial charge on any atom is -0.458 e. The third kappa shape index (κ3) is 1.35. The lowest BCUT2D eigenvalue weighted by atomic mass is 10.0. The molecule has 2 unspecified atom stereocenters. The van der Waals surface area contributed by atoms with Crippen molar-refractivity contribution in [1.29, 1.82) is 0 Å². The molecule has 5 nitrogen and oxygen atoms in total. The molecule has 5 heteroatoms. The van der Waals surface area contributed by atoms with E-state index in [1.165, 1.54) is 6.92 Å². The van der Waals surface area contributed by atoms with Crippen LogP contribution in [0.1, 0.15) is 6.92 Å². The Balaban J connectivity index is 2.70. The number of aliphatic hydroxyl groups excluding tert-OH is 3. The van der Waals surface area contributed by atoms with Gasteiger partial charge in [0.05, 0.1) is 0 Å². The van der Waals surface area contributed by atoms with E-state index in [9.17, 15) is 4.79 Å². The maximum atomic E-state index is 10.6. The number of hydrogen-bond acceptors (Lipinski definition) is 5. The first-order valence-electron chi connectivity index (χ1n) is 3.28. The van der Waals surface area contributed by atoms with Crippen LogP contribution in [0.4, 0.5) is 0 Å². The van der Waals surface area contributed by atoms with Crippen LogP contribution in [-0.2, 0) is 9.53 Å². The molecule has 0 spiro atoms. The Morgan fingerprint density at radius 1 is 1.27 bits per heavy atom. The maximum Gasteiger partial charge on any atom is 0.338 e. The number of carbonyl (C=O) groups excluding carboxylic acids is 1. The van der Waals surface area contributed by atoms with E-state index in [-0.39, 0.29) is 0 Å². The van der Waals surface area contributed by atoms with Gasteiger partial charge in [0, 0.05) is 0 Å². The van der Waals surface area contributed by atoms with Crippen LogP contribution >= 0.6 is 0 Å². The summed E-state index contributed by atoms with van der Waals surface area (Å²) in [6.07, 6.45) is -5.03. The fourth-order valence-corrected chi connectivity index (χ4v) is 0.927. The van der Waals surface area contributed by atoms with E-state index >= 15 is 0 Å². The van der Waals surface area contributed by atoms with Gasteiger partial charge in [0.15, 0.2) is 6.10 Å². The van der Waals surface area contributed by atoms with Crippen LogP contribution in [0.2, 0.25) is 0 Å². The van der Waals surface area contributed by atoms with E-state index in [0.29, 0.717) is 0 Å². The summed E-state index contributed by atoms with van der Waals surface area (Å²) in [5.74, 6) is -0.893. The van der Waals surface area contributed by atoms with Crippen LogP contribution in [0.15, 0.2) is 0 Å². The molecule has 0 aliphatic carbocycles. The Kier molecular flexibility index (Phi) is 2.12. The lowest BCUT2D eigenvalue weighted by Gasteiger charge is -2.31. The molecular formula is C6H10O5. The second-order valence-electron chi connectivity index (χ2n) is 2.57. The van der Waals surface area contributed by atoms with Crippen molar-refractivity contribution in [2.24, 2.45) is 0 Å². The summed E-state index contributed by atoms with van der Waals surface area (Å²) in [6, 6.07) is 0. The van der Waals surface area contributed by atoms with E-state index in [0.717, 1.165) is 0 Å². The summed E-state index contributed by atoms with van der Waals surface area (Å²) < 4.78 is 4.48. The second kappa shape index (κ2) is 2.77. The quantitative estimate of drug-likeness (QED) is 0.359. The van der Waals surface area contributed by atoms with Crippen molar-refractivity contribution in [3.05, 3.63) is 0 Å². The normalized spacial score (nSPS) is 45.3. The Bertz CT molecular complexity index is 168. The first-order chi connectivity index (χ1) is 5.04. The van der Waals surface area contributed by atoms with Crippen molar-refractivity contribution < 1.29 is 24.9 Å². The van der Waals surface area contributed by atoms with Gasteiger partial charge in [0.25, 0.3) is 0 Å². The van der Waals surface area contributed by atoms with Gasteiger partial charge in [-0.05, 0) is 6.92 Å². The summed E-state index contributed by atoms with van der Waals surface area (Å²) in [5, 5.41) is 26.9. The number of carbonyl (C=O) groups is 1. The van der Waals surface area contributed by atoms with Gasteiger partial charge >= 0.3 is 5.97 Å². The van der Waals surface area contributed by atoms with E-state index < -0.39 is 30.4 Å². The van der Waals surface area contributed by atoms with Gasteiger partial charge in [-0.2, -0.15) is 0 Å². The number of ether oxygens (including phenoxy) is 1. The minimum absolute atomic E-state index is 0.763. The fourth-order valence-electron chi connectivity index (χ4n) is 0.927. The lowest BCUT2D eigenvalue weighted by molar-refractivity contribution is -0.199. The van der Waals surface area contributed by atoms with Gasteiger partial charge in [-0.15, -0.1) is 0 Å². The third-order valence-electron chi connectivity index (χ3n) is 1.70. The van der Waals surface area contributed by atoms with Crippen molar-refractivity contribution >= 4 is 5.97 Å². The number of aliphatic hydroxyl groups is 3. The molecular weight excluding hydrogens is 152 g/mol. The molecule has 0 aromatic heterocycles. The van der Waals surface area contributed by atoms with E-state index in [1.807, 2.05) is 0 Å². The molecule has 0 amide bonds. The minimum atomic E-state index is -1.62. The predicted molar refractivity (Wildman–Crippen MR) is 33.6 cm³/mol. The maximum absolute atomic E-state index is 10.6. The average Bonchev–Trinajstić information content (AvgIpc) is 1.97. The van der Waals surface area contributed by atoms with E-state index in [2.05, 4.69) is 4.74 Å². The molecule has 64 valence electrons. The molecule has 1 aliphatic heterocycles. The monoisotopic (exact) mass is 162 g/mol. The standard InChI is InChI=1S/C6H10O5/c1-2-3(7)4(8)5(9)6(10)11-2/h2-5,7-9H,1H3/t2?,3-,4+,5?/m1/s1. The molecule has 1 saturated heterocycles. The zero-order chi connectivity index (χ0) is 8.59. The van der Waals surface area contributed by atoms with Crippen LogP contribution in [0.25, 0.3) is 0 Å². The van der Waals surface area contributed by atoms with Crippen molar-refractivity contribution in [3.63, 3.8) is 0 Å². The molecule has 0 radical (unpaired) electrons. The summed E-state index contributed by atoms with van der Waals surface area (Å²) in [5.41, 5.74) is 0. The van der Waals surface area contributed by atoms with Gasteiger partial charge in [0.1, 0.15) is 18.3 Å². The SMILES string of the molecule is CC1OC(=O)C(O)[C@@H](O)[C@@H]1O. The van der Waals surface area contributed by atoms with Gasteiger partial charge in [-0.3, -0.25) is 0 Å². The fraction of sp³-hybridized carbons (Fsp3) is 0.833. The highest BCUT2D eigenvalue weighted by Gasteiger charge is 2.41. The average molecular weight is 162 g/mol. The highest BCUT2D eigenvalue weighted by Crippen LogP contribution is 2.15. The van der Waals surface area contributed by atoms with Crippen LogP contribution < -0.4 is 0 Å². The summed E-state index contributed by atoms with van der Waals surface area (Å²) in [7, 11) is 0. The van der Waals surface area contributed by atoms with Crippen LogP contribution in [0.3, 0.4) is 0 Å². The van der Waals surface area contributed by atoms with Gasteiger partial charge in [-0.1, -0.05) is 0 Å². The molecule has 1 rings (SSSR count). The molecule has 4 atom stereocenters. The summed E-state index contributed by atoms with van der Waals surface area (Å²) in [4.78, 5) is 10.6. The predicted octanol–water partition coefficient (Wildman–Crippen LogP) is -1.99. The van der Waals surface area contributed by atoms with Crippen LogP contribution in [0.5, 0.6) is 0 Å².